The normalized spacial score (nSPS) is 24.1. The van der Waals surface area contributed by atoms with Crippen LogP contribution >= 0.6 is 23.1 Å². The largest absolute Gasteiger partial charge is 0.341 e. The number of nitrogens with zero attached hydrogens (tertiary/aromatic N) is 3. The van der Waals surface area contributed by atoms with Gasteiger partial charge in [0.05, 0.1) is 17.3 Å². The molecule has 6 nitrogen and oxygen atoms in total. The van der Waals surface area contributed by atoms with Gasteiger partial charge in [0.25, 0.3) is 0 Å². The van der Waals surface area contributed by atoms with Gasteiger partial charge in [-0.1, -0.05) is 18.7 Å². The van der Waals surface area contributed by atoms with E-state index in [1.807, 2.05) is 0 Å². The molecular weight excluding hydrogens is 402 g/mol. The van der Waals surface area contributed by atoms with Crippen molar-refractivity contribution in [1.29, 1.82) is 0 Å². The Balaban J connectivity index is 1.50. The van der Waals surface area contributed by atoms with E-state index in [1.165, 1.54) is 28.6 Å². The van der Waals surface area contributed by atoms with Crippen molar-refractivity contribution in [1.82, 2.24) is 14.9 Å². The summed E-state index contributed by atoms with van der Waals surface area (Å²) in [5, 5.41) is 1.99. The third-order valence-electron chi connectivity index (χ3n) is 5.54. The van der Waals surface area contributed by atoms with E-state index in [1.54, 1.807) is 29.6 Å². The van der Waals surface area contributed by atoms with E-state index < -0.39 is 9.84 Å². The molecule has 3 heterocycles. The molecule has 0 spiro atoms. The van der Waals surface area contributed by atoms with Gasteiger partial charge < -0.3 is 4.90 Å². The molecule has 27 heavy (non-hydrogen) atoms. The van der Waals surface area contributed by atoms with Crippen molar-refractivity contribution in [2.45, 2.75) is 43.7 Å². The minimum absolute atomic E-state index is 0.0495. The highest BCUT2D eigenvalue weighted by Crippen LogP contribution is 2.40. The summed E-state index contributed by atoms with van der Waals surface area (Å²) in [4.78, 5) is 25.5. The maximum absolute atomic E-state index is 12.6. The first-order valence-corrected chi connectivity index (χ1v) is 12.8. The molecule has 0 radical (unpaired) electrons. The van der Waals surface area contributed by atoms with Crippen LogP contribution in [-0.2, 0) is 27.5 Å². The van der Waals surface area contributed by atoms with E-state index in [0.717, 1.165) is 28.1 Å². The fourth-order valence-corrected chi connectivity index (χ4v) is 8.01. The Morgan fingerprint density at radius 1 is 1.37 bits per heavy atom. The van der Waals surface area contributed by atoms with Crippen LogP contribution in [0, 0.1) is 5.92 Å². The van der Waals surface area contributed by atoms with Gasteiger partial charge >= 0.3 is 0 Å². The number of hydrogen-bond acceptors (Lipinski definition) is 7. The van der Waals surface area contributed by atoms with Crippen molar-refractivity contribution in [3.05, 3.63) is 16.8 Å². The maximum atomic E-state index is 12.6. The molecular formula is C18H23N3O3S3. The number of amides is 1. The van der Waals surface area contributed by atoms with Crippen molar-refractivity contribution in [3.63, 3.8) is 0 Å². The number of sulfone groups is 1. The molecule has 2 atom stereocenters. The zero-order chi connectivity index (χ0) is 19.2. The van der Waals surface area contributed by atoms with Crippen LogP contribution < -0.4 is 0 Å². The summed E-state index contributed by atoms with van der Waals surface area (Å²) in [6, 6.07) is -0.205. The number of thioether (sulfide) groups is 1. The molecule has 1 fully saturated rings. The molecule has 2 aromatic rings. The maximum Gasteiger partial charge on any atom is 0.233 e. The Labute approximate surface area is 167 Å². The van der Waals surface area contributed by atoms with E-state index in [2.05, 4.69) is 16.9 Å². The molecule has 1 aliphatic carbocycles. The highest BCUT2D eigenvalue weighted by molar-refractivity contribution is 8.00. The number of rotatable bonds is 4. The van der Waals surface area contributed by atoms with Gasteiger partial charge in [-0.2, -0.15) is 0 Å². The average molecular weight is 426 g/mol. The Hall–Kier alpha value is -1.19. The zero-order valence-electron chi connectivity index (χ0n) is 15.5. The second-order valence-electron chi connectivity index (χ2n) is 7.56. The highest BCUT2D eigenvalue weighted by atomic mass is 32.2. The lowest BCUT2D eigenvalue weighted by atomic mass is 9.89. The summed E-state index contributed by atoms with van der Waals surface area (Å²) < 4.78 is 23.3. The molecule has 0 bridgehead atoms. The van der Waals surface area contributed by atoms with Crippen LogP contribution in [0.1, 0.15) is 30.2 Å². The monoisotopic (exact) mass is 425 g/mol. The van der Waals surface area contributed by atoms with E-state index in [4.69, 9.17) is 0 Å². The standard InChI is InChI=1S/C18H23N3O3S3/c1-11-3-4-13-14(7-11)26-18-16(13)17(19-10-20-18)25-8-15(22)21(2)12-5-6-27(23,24)9-12/h10-12H,3-9H2,1-2H3/t11-,12+/m0/s1. The number of thiophene rings is 1. The second kappa shape index (κ2) is 7.33. The Morgan fingerprint density at radius 2 is 2.19 bits per heavy atom. The summed E-state index contributed by atoms with van der Waals surface area (Å²) in [5.41, 5.74) is 1.36. The summed E-state index contributed by atoms with van der Waals surface area (Å²) in [6.07, 6.45) is 5.43. The molecule has 0 aromatic carbocycles. The Bertz CT molecular complexity index is 986. The van der Waals surface area contributed by atoms with E-state index in [-0.39, 0.29) is 29.2 Å². The molecule has 2 aromatic heterocycles. The van der Waals surface area contributed by atoms with Gasteiger partial charge in [-0.3, -0.25) is 4.79 Å². The van der Waals surface area contributed by atoms with Gasteiger partial charge in [0.2, 0.25) is 5.91 Å². The van der Waals surface area contributed by atoms with Gasteiger partial charge in [0.15, 0.2) is 9.84 Å². The number of carbonyl (C=O) groups excluding carboxylic acids is 1. The quantitative estimate of drug-likeness (QED) is 0.553. The van der Waals surface area contributed by atoms with E-state index in [9.17, 15) is 13.2 Å². The molecule has 0 saturated carbocycles. The molecule has 146 valence electrons. The third kappa shape index (κ3) is 3.86. The lowest BCUT2D eigenvalue weighted by molar-refractivity contribution is -0.128. The minimum atomic E-state index is -3.00. The first-order valence-electron chi connectivity index (χ1n) is 9.18. The number of aryl methyl sites for hydroxylation is 1. The van der Waals surface area contributed by atoms with Crippen LogP contribution in [0.4, 0.5) is 0 Å². The van der Waals surface area contributed by atoms with Crippen molar-refractivity contribution in [2.75, 3.05) is 24.3 Å². The predicted molar refractivity (Wildman–Crippen MR) is 109 cm³/mol. The molecule has 1 amide bonds. The number of aromatic nitrogens is 2. The number of carbonyl (C=O) groups is 1. The lowest BCUT2D eigenvalue weighted by Gasteiger charge is -2.23. The summed E-state index contributed by atoms with van der Waals surface area (Å²) in [5.74, 6) is 1.17. The SMILES string of the molecule is C[C@H]1CCc2c(sc3ncnc(SCC(=O)N(C)[C@@H]4CCS(=O)(=O)C4)c23)C1. The Kier molecular flexibility index (Phi) is 5.20. The molecule has 9 heteroatoms. The topological polar surface area (TPSA) is 80.2 Å². The van der Waals surface area contributed by atoms with Crippen LogP contribution in [0.2, 0.25) is 0 Å². The van der Waals surface area contributed by atoms with Crippen LogP contribution in [0.3, 0.4) is 0 Å². The van der Waals surface area contributed by atoms with Gasteiger partial charge in [-0.25, -0.2) is 18.4 Å². The molecule has 0 unspecified atom stereocenters. The van der Waals surface area contributed by atoms with Crippen molar-refractivity contribution in [3.8, 4) is 0 Å². The van der Waals surface area contributed by atoms with Crippen LogP contribution in [0.25, 0.3) is 10.2 Å². The van der Waals surface area contributed by atoms with Crippen LogP contribution in [0.5, 0.6) is 0 Å². The lowest BCUT2D eigenvalue weighted by Crippen LogP contribution is -2.38. The van der Waals surface area contributed by atoms with Crippen LogP contribution in [-0.4, -0.2) is 59.5 Å². The number of hydrogen-bond donors (Lipinski definition) is 0. The van der Waals surface area contributed by atoms with Crippen molar-refractivity contribution in [2.24, 2.45) is 5.92 Å². The molecule has 1 aliphatic heterocycles. The Morgan fingerprint density at radius 3 is 2.93 bits per heavy atom. The first kappa shape index (κ1) is 19.1. The van der Waals surface area contributed by atoms with Crippen molar-refractivity contribution < 1.29 is 13.2 Å². The van der Waals surface area contributed by atoms with Gasteiger partial charge in [-0.15, -0.1) is 11.3 Å². The summed E-state index contributed by atoms with van der Waals surface area (Å²) in [6.45, 7) is 2.28. The smallest absolute Gasteiger partial charge is 0.233 e. The zero-order valence-corrected chi connectivity index (χ0v) is 17.9. The molecule has 0 N–H and O–H groups in total. The minimum Gasteiger partial charge on any atom is -0.341 e. The average Bonchev–Trinajstić information content (AvgIpc) is 3.18. The van der Waals surface area contributed by atoms with Crippen molar-refractivity contribution >= 4 is 49.1 Å². The number of fused-ring (bicyclic) bond motifs is 3. The predicted octanol–water partition coefficient (Wildman–Crippen LogP) is 2.55. The fourth-order valence-electron chi connectivity index (χ4n) is 3.87. The molecule has 4 rings (SSSR count). The highest BCUT2D eigenvalue weighted by Gasteiger charge is 2.32. The van der Waals surface area contributed by atoms with E-state index >= 15 is 0 Å². The van der Waals surface area contributed by atoms with Gasteiger partial charge in [-0.05, 0) is 37.2 Å². The van der Waals surface area contributed by atoms with Gasteiger partial charge in [0, 0.05) is 23.4 Å². The first-order chi connectivity index (χ1) is 12.8. The van der Waals surface area contributed by atoms with E-state index in [0.29, 0.717) is 12.3 Å². The molecule has 2 aliphatic rings. The third-order valence-corrected chi connectivity index (χ3v) is 9.43. The fraction of sp³-hybridized carbons (Fsp3) is 0.611. The summed E-state index contributed by atoms with van der Waals surface area (Å²) >= 11 is 3.19. The van der Waals surface area contributed by atoms with Crippen LogP contribution in [0.15, 0.2) is 11.4 Å². The molecule has 1 saturated heterocycles. The van der Waals surface area contributed by atoms with Gasteiger partial charge in [0.1, 0.15) is 16.2 Å². The summed E-state index contributed by atoms with van der Waals surface area (Å²) in [7, 11) is -1.29. The second-order valence-corrected chi connectivity index (χ2v) is 11.8.